The van der Waals surface area contributed by atoms with Crippen LogP contribution >= 0.6 is 23.2 Å². The number of nitrogens with one attached hydrogen (secondary N) is 2. The Morgan fingerprint density at radius 1 is 1.00 bits per heavy atom. The van der Waals surface area contributed by atoms with E-state index in [9.17, 15) is 14.4 Å². The maximum Gasteiger partial charge on any atom is 0.344 e. The number of carbonyl (C=O) groups excluding carboxylic acids is 3. The van der Waals surface area contributed by atoms with E-state index >= 15 is 0 Å². The number of Topliss-reactive ketones (excluding diaryl/α,β-unsaturated/α-hetero) is 1. The van der Waals surface area contributed by atoms with Gasteiger partial charge >= 0.3 is 5.97 Å². The van der Waals surface area contributed by atoms with Crippen molar-refractivity contribution >= 4 is 52.5 Å². The number of carbonyl (C=O) groups is 3. The van der Waals surface area contributed by atoms with Gasteiger partial charge in [-0.05, 0) is 44.0 Å². The summed E-state index contributed by atoms with van der Waals surface area (Å²) in [5.41, 5.74) is 1.46. The lowest BCUT2D eigenvalue weighted by atomic mass is 9.96. The predicted molar refractivity (Wildman–Crippen MR) is 160 cm³/mol. The molecular weight excluding hydrogens is 567 g/mol. The van der Waals surface area contributed by atoms with E-state index in [1.165, 1.54) is 24.4 Å². The summed E-state index contributed by atoms with van der Waals surface area (Å²) >= 11 is 12.2. The molecular formula is C30H32Cl2N4O5. The lowest BCUT2D eigenvalue weighted by Gasteiger charge is -2.18. The highest BCUT2D eigenvalue weighted by molar-refractivity contribution is 6.31. The second-order valence-electron chi connectivity index (χ2n) is 9.06. The van der Waals surface area contributed by atoms with Gasteiger partial charge in [0.25, 0.3) is 5.91 Å². The average molecular weight is 600 g/mol. The molecule has 4 rings (SSSR count). The molecule has 0 aliphatic carbocycles. The van der Waals surface area contributed by atoms with E-state index in [1.807, 2.05) is 4.90 Å². The smallest absolute Gasteiger partial charge is 0.344 e. The van der Waals surface area contributed by atoms with Crippen LogP contribution in [0.3, 0.4) is 0 Å². The van der Waals surface area contributed by atoms with Crippen molar-refractivity contribution in [2.75, 3.05) is 31.6 Å². The number of halogens is 2. The van der Waals surface area contributed by atoms with Crippen molar-refractivity contribution < 1.29 is 23.9 Å². The number of amidine groups is 1. The number of benzene rings is 2. The van der Waals surface area contributed by atoms with Crippen LogP contribution in [0.25, 0.3) is 0 Å². The van der Waals surface area contributed by atoms with Gasteiger partial charge in [-0.1, -0.05) is 54.9 Å². The summed E-state index contributed by atoms with van der Waals surface area (Å²) in [5.74, 6) is -0.685. The van der Waals surface area contributed by atoms with Crippen molar-refractivity contribution in [1.29, 1.82) is 5.41 Å². The zero-order chi connectivity index (χ0) is 28.6. The van der Waals surface area contributed by atoms with Crippen molar-refractivity contribution in [2.24, 2.45) is 0 Å². The first-order valence-corrected chi connectivity index (χ1v) is 13.5. The molecule has 0 unspecified atom stereocenters. The molecule has 1 saturated heterocycles. The van der Waals surface area contributed by atoms with Gasteiger partial charge in [0.2, 0.25) is 0 Å². The van der Waals surface area contributed by atoms with Crippen LogP contribution in [-0.2, 0) is 16.0 Å². The molecule has 1 amide bonds. The molecule has 0 bridgehead atoms. The highest BCUT2D eigenvalue weighted by atomic mass is 35.5. The summed E-state index contributed by atoms with van der Waals surface area (Å²) < 4.78 is 10.6. The zero-order valence-corrected chi connectivity index (χ0v) is 23.3. The molecule has 1 aromatic heterocycles. The van der Waals surface area contributed by atoms with E-state index in [0.29, 0.717) is 16.4 Å². The summed E-state index contributed by atoms with van der Waals surface area (Å²) in [6, 6.07) is 12.8. The van der Waals surface area contributed by atoms with E-state index in [4.69, 9.17) is 38.1 Å². The van der Waals surface area contributed by atoms with Gasteiger partial charge in [-0.25, -0.2) is 9.78 Å². The van der Waals surface area contributed by atoms with Crippen LogP contribution in [-0.4, -0.2) is 59.7 Å². The van der Waals surface area contributed by atoms with E-state index in [1.54, 1.807) is 37.3 Å². The van der Waals surface area contributed by atoms with Crippen LogP contribution in [0.4, 0.5) is 5.82 Å². The maximum absolute atomic E-state index is 13.4. The van der Waals surface area contributed by atoms with Gasteiger partial charge in [0.15, 0.2) is 12.4 Å². The minimum atomic E-state index is -0.604. The number of esters is 1. The number of aromatic nitrogens is 1. The number of rotatable bonds is 10. The van der Waals surface area contributed by atoms with Crippen LogP contribution < -0.4 is 10.1 Å². The standard InChI is InChI=1S/C29H28Cl2N4O5.CH4/c1-2-39-27(37)17-40-25-14-21(31)13-23(29(38)34-26-10-9-20(30)16-33-26)22(25)15-24(36)18-5-7-19(8-6-18)28(32)35-11-3-4-12-35;/h5-10,13-14,16,32H,2-4,11-12,15,17H2,1H3,(H,33,34,38);1H4. The van der Waals surface area contributed by atoms with Gasteiger partial charge in [-0.2, -0.15) is 0 Å². The number of hydrogen-bond acceptors (Lipinski definition) is 7. The molecule has 216 valence electrons. The first kappa shape index (κ1) is 31.6. The van der Waals surface area contributed by atoms with Crippen LogP contribution in [0.2, 0.25) is 10.0 Å². The Morgan fingerprint density at radius 3 is 2.32 bits per heavy atom. The van der Waals surface area contributed by atoms with Crippen molar-refractivity contribution in [1.82, 2.24) is 9.88 Å². The molecule has 9 nitrogen and oxygen atoms in total. The number of amides is 1. The number of nitrogens with zero attached hydrogens (tertiary/aromatic N) is 2. The number of likely N-dealkylation sites (tertiary alicyclic amines) is 1. The molecule has 2 aromatic carbocycles. The van der Waals surface area contributed by atoms with Crippen molar-refractivity contribution in [3.63, 3.8) is 0 Å². The third-order valence-corrected chi connectivity index (χ3v) is 6.72. The fraction of sp³-hybridized carbons (Fsp3) is 0.300. The quantitative estimate of drug-likeness (QED) is 0.126. The summed E-state index contributed by atoms with van der Waals surface area (Å²) in [5, 5.41) is 11.7. The molecule has 1 fully saturated rings. The van der Waals surface area contributed by atoms with Gasteiger partial charge < -0.3 is 19.7 Å². The van der Waals surface area contributed by atoms with E-state index in [-0.39, 0.29) is 54.0 Å². The molecule has 3 aromatic rings. The van der Waals surface area contributed by atoms with Crippen molar-refractivity contribution in [2.45, 2.75) is 33.6 Å². The van der Waals surface area contributed by atoms with Crippen molar-refractivity contribution in [3.8, 4) is 5.75 Å². The normalized spacial score (nSPS) is 12.3. The second kappa shape index (κ2) is 14.6. The van der Waals surface area contributed by atoms with Gasteiger partial charge in [-0.3, -0.25) is 15.0 Å². The molecule has 2 heterocycles. The first-order valence-electron chi connectivity index (χ1n) is 12.8. The Hall–Kier alpha value is -3.95. The molecule has 2 N–H and O–H groups in total. The third kappa shape index (κ3) is 8.28. The molecule has 0 spiro atoms. The lowest BCUT2D eigenvalue weighted by molar-refractivity contribution is -0.145. The molecule has 0 atom stereocenters. The summed E-state index contributed by atoms with van der Waals surface area (Å²) in [4.78, 5) is 44.7. The van der Waals surface area contributed by atoms with E-state index in [0.717, 1.165) is 31.5 Å². The molecule has 0 saturated carbocycles. The van der Waals surface area contributed by atoms with Crippen LogP contribution in [0.15, 0.2) is 54.7 Å². The van der Waals surface area contributed by atoms with Crippen LogP contribution in [0.5, 0.6) is 5.75 Å². The van der Waals surface area contributed by atoms with Gasteiger partial charge in [0.05, 0.1) is 11.6 Å². The van der Waals surface area contributed by atoms with Crippen LogP contribution in [0.1, 0.15) is 59.0 Å². The van der Waals surface area contributed by atoms with Crippen LogP contribution in [0, 0.1) is 5.41 Å². The summed E-state index contributed by atoms with van der Waals surface area (Å²) in [6.45, 7) is 3.12. The zero-order valence-electron chi connectivity index (χ0n) is 21.8. The minimum absolute atomic E-state index is 0. The molecule has 1 aliphatic heterocycles. The number of pyridine rings is 1. The predicted octanol–water partition coefficient (Wildman–Crippen LogP) is 6.07. The topological polar surface area (TPSA) is 122 Å². The minimum Gasteiger partial charge on any atom is -0.482 e. The Morgan fingerprint density at radius 2 is 1.68 bits per heavy atom. The Labute approximate surface area is 249 Å². The SMILES string of the molecule is C.CCOC(=O)COc1cc(Cl)cc(C(=O)Nc2ccc(Cl)cn2)c1CC(=O)c1ccc(C(=N)N2CCCC2)cc1. The maximum atomic E-state index is 13.4. The Kier molecular flexibility index (Phi) is 11.3. The first-order chi connectivity index (χ1) is 19.2. The molecule has 0 radical (unpaired) electrons. The highest BCUT2D eigenvalue weighted by Crippen LogP contribution is 2.30. The molecule has 41 heavy (non-hydrogen) atoms. The molecule has 11 heteroatoms. The fourth-order valence-electron chi connectivity index (χ4n) is 4.30. The highest BCUT2D eigenvalue weighted by Gasteiger charge is 2.23. The average Bonchev–Trinajstić information content (AvgIpc) is 3.49. The second-order valence-corrected chi connectivity index (χ2v) is 9.93. The van der Waals surface area contributed by atoms with Gasteiger partial charge in [0.1, 0.15) is 17.4 Å². The summed E-state index contributed by atoms with van der Waals surface area (Å²) in [7, 11) is 0. The Bertz CT molecular complexity index is 1410. The Balaban J connectivity index is 0.00000462. The van der Waals surface area contributed by atoms with Gasteiger partial charge in [0, 0.05) is 53.0 Å². The third-order valence-electron chi connectivity index (χ3n) is 6.28. The largest absolute Gasteiger partial charge is 0.482 e. The fourth-order valence-corrected chi connectivity index (χ4v) is 4.62. The number of anilines is 1. The molecule has 1 aliphatic rings. The van der Waals surface area contributed by atoms with E-state index < -0.39 is 18.5 Å². The lowest BCUT2D eigenvalue weighted by Crippen LogP contribution is -2.27. The van der Waals surface area contributed by atoms with Gasteiger partial charge in [-0.15, -0.1) is 0 Å². The monoisotopic (exact) mass is 598 g/mol. The van der Waals surface area contributed by atoms with Crippen molar-refractivity contribution in [3.05, 3.63) is 87.0 Å². The summed E-state index contributed by atoms with van der Waals surface area (Å²) in [6.07, 6.45) is 3.30. The number of ether oxygens (including phenoxy) is 2. The number of hydrogen-bond donors (Lipinski definition) is 2. The number of ketones is 1. The van der Waals surface area contributed by atoms with E-state index in [2.05, 4.69) is 10.3 Å².